The van der Waals surface area contributed by atoms with Gasteiger partial charge in [-0.1, -0.05) is 0 Å². The Hall–Kier alpha value is -0.640. The van der Waals surface area contributed by atoms with Crippen molar-refractivity contribution in [1.82, 2.24) is 10.2 Å². The van der Waals surface area contributed by atoms with Crippen LogP contribution in [0.1, 0.15) is 13.8 Å². The lowest BCUT2D eigenvalue weighted by Gasteiger charge is -2.37. The molecule has 4 heteroatoms. The predicted molar refractivity (Wildman–Crippen MR) is 44.6 cm³/mol. The fraction of sp³-hybridized carbons (Fsp3) is 0.875. The Morgan fingerprint density at radius 1 is 1.58 bits per heavy atom. The zero-order valence-electron chi connectivity index (χ0n) is 7.72. The molecule has 0 aromatic carbocycles. The lowest BCUT2D eigenvalue weighted by molar-refractivity contribution is -0.132. The van der Waals surface area contributed by atoms with Crippen LogP contribution in [0.5, 0.6) is 0 Å². The molecule has 0 bridgehead atoms. The fourth-order valence-electron chi connectivity index (χ4n) is 1.15. The number of alkyl halides is 1. The first-order valence-corrected chi connectivity index (χ1v) is 4.08. The molecule has 1 fully saturated rings. The van der Waals surface area contributed by atoms with Gasteiger partial charge < -0.3 is 10.2 Å². The summed E-state index contributed by atoms with van der Waals surface area (Å²) in [6.45, 7) is 4.18. The molecule has 0 atom stereocenters. The van der Waals surface area contributed by atoms with Crippen LogP contribution in [-0.2, 0) is 4.79 Å². The van der Waals surface area contributed by atoms with Crippen molar-refractivity contribution >= 4 is 5.91 Å². The quantitative estimate of drug-likeness (QED) is 0.647. The van der Waals surface area contributed by atoms with Gasteiger partial charge in [-0.15, -0.1) is 0 Å². The Bertz CT molecular complexity index is 182. The average Bonchev–Trinajstić information content (AvgIpc) is 1.82. The SMILES string of the molecule is CN1CC(NC(=O)C(C)(C)F)C1. The monoisotopic (exact) mass is 174 g/mol. The third kappa shape index (κ3) is 2.17. The zero-order valence-corrected chi connectivity index (χ0v) is 7.72. The third-order valence-electron chi connectivity index (χ3n) is 1.94. The number of nitrogens with zero attached hydrogens (tertiary/aromatic N) is 1. The van der Waals surface area contributed by atoms with E-state index in [-0.39, 0.29) is 6.04 Å². The molecule has 1 aliphatic heterocycles. The number of hydrogen-bond acceptors (Lipinski definition) is 2. The van der Waals surface area contributed by atoms with Crippen LogP contribution in [0.15, 0.2) is 0 Å². The molecule has 0 unspecified atom stereocenters. The number of hydrogen-bond donors (Lipinski definition) is 1. The number of rotatable bonds is 2. The Morgan fingerprint density at radius 3 is 2.42 bits per heavy atom. The van der Waals surface area contributed by atoms with Crippen LogP contribution < -0.4 is 5.32 Å². The molecule has 12 heavy (non-hydrogen) atoms. The van der Waals surface area contributed by atoms with E-state index in [9.17, 15) is 9.18 Å². The Labute approximate surface area is 71.9 Å². The average molecular weight is 174 g/mol. The minimum absolute atomic E-state index is 0.137. The van der Waals surface area contributed by atoms with Crippen molar-refractivity contribution in [3.8, 4) is 0 Å². The molecule has 0 radical (unpaired) electrons. The van der Waals surface area contributed by atoms with Gasteiger partial charge in [0.1, 0.15) is 0 Å². The first kappa shape index (κ1) is 9.45. The van der Waals surface area contributed by atoms with Crippen LogP contribution in [0.2, 0.25) is 0 Å². The summed E-state index contributed by atoms with van der Waals surface area (Å²) in [5.74, 6) is -0.513. The molecular formula is C8H15FN2O. The molecule has 0 aromatic rings. The summed E-state index contributed by atoms with van der Waals surface area (Å²) in [7, 11) is 1.96. The number of amides is 1. The zero-order chi connectivity index (χ0) is 9.35. The van der Waals surface area contributed by atoms with Crippen LogP contribution in [-0.4, -0.2) is 42.7 Å². The molecule has 0 saturated carbocycles. The van der Waals surface area contributed by atoms with Crippen LogP contribution in [0.25, 0.3) is 0 Å². The molecule has 1 N–H and O–H groups in total. The van der Waals surface area contributed by atoms with Crippen LogP contribution >= 0.6 is 0 Å². The van der Waals surface area contributed by atoms with E-state index in [0.717, 1.165) is 13.1 Å². The van der Waals surface area contributed by atoms with E-state index in [1.165, 1.54) is 13.8 Å². The number of likely N-dealkylation sites (N-methyl/N-ethyl adjacent to an activating group) is 1. The van der Waals surface area contributed by atoms with Gasteiger partial charge in [-0.2, -0.15) is 0 Å². The van der Waals surface area contributed by atoms with Crippen molar-refractivity contribution in [2.45, 2.75) is 25.6 Å². The predicted octanol–water partition coefficient (Wildman–Crippen LogP) is 0.165. The lowest BCUT2D eigenvalue weighted by atomic mass is 10.1. The second kappa shape index (κ2) is 3.01. The molecule has 1 heterocycles. The summed E-state index contributed by atoms with van der Waals surface area (Å²) in [5.41, 5.74) is -1.76. The van der Waals surface area contributed by atoms with Gasteiger partial charge >= 0.3 is 0 Å². The number of halogens is 1. The van der Waals surface area contributed by atoms with Crippen LogP contribution in [0, 0.1) is 0 Å². The summed E-state index contributed by atoms with van der Waals surface area (Å²) < 4.78 is 13.0. The maximum absolute atomic E-state index is 13.0. The van der Waals surface area contributed by atoms with Gasteiger partial charge in [0.15, 0.2) is 5.67 Å². The summed E-state index contributed by atoms with van der Waals surface area (Å²) >= 11 is 0. The molecule has 3 nitrogen and oxygen atoms in total. The number of likely N-dealkylation sites (tertiary alicyclic amines) is 1. The fourth-order valence-corrected chi connectivity index (χ4v) is 1.15. The molecule has 70 valence electrons. The van der Waals surface area contributed by atoms with Gasteiger partial charge in [0.2, 0.25) is 0 Å². The Balaban J connectivity index is 2.28. The molecule has 0 aliphatic carbocycles. The van der Waals surface area contributed by atoms with Crippen molar-refractivity contribution in [3.63, 3.8) is 0 Å². The maximum Gasteiger partial charge on any atom is 0.257 e. The minimum Gasteiger partial charge on any atom is -0.348 e. The van der Waals surface area contributed by atoms with Crippen LogP contribution in [0.4, 0.5) is 4.39 Å². The van der Waals surface area contributed by atoms with Crippen molar-refractivity contribution in [1.29, 1.82) is 0 Å². The van der Waals surface area contributed by atoms with Crippen molar-refractivity contribution in [3.05, 3.63) is 0 Å². The summed E-state index contributed by atoms with van der Waals surface area (Å²) in [6, 6.07) is 0.137. The molecule has 1 saturated heterocycles. The second-order valence-electron chi connectivity index (χ2n) is 3.86. The van der Waals surface area contributed by atoms with Gasteiger partial charge in [-0.25, -0.2) is 4.39 Å². The normalized spacial score (nSPS) is 20.3. The van der Waals surface area contributed by atoms with Crippen LogP contribution in [0.3, 0.4) is 0 Å². The first-order valence-electron chi connectivity index (χ1n) is 4.08. The lowest BCUT2D eigenvalue weighted by Crippen LogP contribution is -2.59. The topological polar surface area (TPSA) is 32.3 Å². The van der Waals surface area contributed by atoms with Gasteiger partial charge in [0, 0.05) is 13.1 Å². The summed E-state index contributed by atoms with van der Waals surface area (Å²) in [5, 5.41) is 2.63. The van der Waals surface area contributed by atoms with E-state index < -0.39 is 11.6 Å². The van der Waals surface area contributed by atoms with E-state index in [1.54, 1.807) is 0 Å². The minimum atomic E-state index is -1.76. The second-order valence-corrected chi connectivity index (χ2v) is 3.86. The van der Waals surface area contributed by atoms with Crippen molar-refractivity contribution < 1.29 is 9.18 Å². The molecule has 0 aromatic heterocycles. The third-order valence-corrected chi connectivity index (χ3v) is 1.94. The molecular weight excluding hydrogens is 159 g/mol. The molecule has 1 rings (SSSR count). The van der Waals surface area contributed by atoms with E-state index >= 15 is 0 Å². The maximum atomic E-state index is 13.0. The number of carbonyl (C=O) groups is 1. The van der Waals surface area contributed by atoms with Gasteiger partial charge in [-0.05, 0) is 20.9 Å². The first-order chi connectivity index (χ1) is 5.39. The van der Waals surface area contributed by atoms with Gasteiger partial charge in [-0.3, -0.25) is 4.79 Å². The highest BCUT2D eigenvalue weighted by atomic mass is 19.1. The smallest absolute Gasteiger partial charge is 0.257 e. The number of carbonyl (C=O) groups excluding carboxylic acids is 1. The van der Waals surface area contributed by atoms with Gasteiger partial charge in [0.25, 0.3) is 5.91 Å². The van der Waals surface area contributed by atoms with E-state index in [0.29, 0.717) is 0 Å². The van der Waals surface area contributed by atoms with E-state index in [4.69, 9.17) is 0 Å². The highest BCUT2D eigenvalue weighted by molar-refractivity contribution is 5.84. The summed E-state index contributed by atoms with van der Waals surface area (Å²) in [6.07, 6.45) is 0. The van der Waals surface area contributed by atoms with E-state index in [1.807, 2.05) is 7.05 Å². The Morgan fingerprint density at radius 2 is 2.08 bits per heavy atom. The largest absolute Gasteiger partial charge is 0.348 e. The number of nitrogens with one attached hydrogen (secondary N) is 1. The van der Waals surface area contributed by atoms with Crippen molar-refractivity contribution in [2.24, 2.45) is 0 Å². The van der Waals surface area contributed by atoms with Crippen molar-refractivity contribution in [2.75, 3.05) is 20.1 Å². The Kier molecular flexibility index (Phi) is 2.37. The van der Waals surface area contributed by atoms with E-state index in [2.05, 4.69) is 10.2 Å². The molecule has 1 amide bonds. The molecule has 1 aliphatic rings. The standard InChI is InChI=1S/C8H15FN2O/c1-8(2,9)7(12)10-6-4-11(3)5-6/h6H,4-5H2,1-3H3,(H,10,12). The molecule has 0 spiro atoms. The highest BCUT2D eigenvalue weighted by Gasteiger charge is 2.32. The van der Waals surface area contributed by atoms with Gasteiger partial charge in [0.05, 0.1) is 6.04 Å². The highest BCUT2D eigenvalue weighted by Crippen LogP contribution is 2.10. The summed E-state index contributed by atoms with van der Waals surface area (Å²) in [4.78, 5) is 13.1.